The lowest BCUT2D eigenvalue weighted by molar-refractivity contribution is 0.140. The Morgan fingerprint density at radius 2 is 2.40 bits per heavy atom. The molecule has 1 aliphatic heterocycles. The van der Waals surface area contributed by atoms with E-state index in [1.807, 2.05) is 0 Å². The van der Waals surface area contributed by atoms with Crippen LogP contribution in [0.3, 0.4) is 0 Å². The number of aryl methyl sites for hydroxylation is 1. The fourth-order valence-electron chi connectivity index (χ4n) is 2.27. The molecule has 2 heterocycles. The first-order valence-corrected chi connectivity index (χ1v) is 6.30. The van der Waals surface area contributed by atoms with Crippen LogP contribution in [-0.4, -0.2) is 43.8 Å². The molecule has 20 heavy (non-hydrogen) atoms. The van der Waals surface area contributed by atoms with Crippen LogP contribution < -0.4 is 0 Å². The Balaban J connectivity index is 2.31. The van der Waals surface area contributed by atoms with Crippen molar-refractivity contribution in [2.45, 2.75) is 32.9 Å². The first-order chi connectivity index (χ1) is 9.67. The first-order valence-electron chi connectivity index (χ1n) is 6.30. The summed E-state index contributed by atoms with van der Waals surface area (Å²) in [5.74, 6) is 5.76. The molecule has 1 aromatic heterocycles. The number of hydrogen-bond donors (Lipinski definition) is 2. The number of rotatable bonds is 3. The highest BCUT2D eigenvalue weighted by Crippen LogP contribution is 2.21. The maximum absolute atomic E-state index is 11.0. The molecule has 0 spiro atoms. The summed E-state index contributed by atoms with van der Waals surface area (Å²) in [6.07, 6.45) is 1.57. The first kappa shape index (κ1) is 13.9. The van der Waals surface area contributed by atoms with Crippen LogP contribution in [0.25, 0.3) is 0 Å². The number of oxime groups is 1. The van der Waals surface area contributed by atoms with Gasteiger partial charge >= 0.3 is 6.09 Å². The average Bonchev–Trinajstić information content (AvgIpc) is 2.77. The third-order valence-electron chi connectivity index (χ3n) is 3.22. The Kier molecular flexibility index (Phi) is 4.25. The zero-order valence-electron chi connectivity index (χ0n) is 11.2. The number of fused-ring (bicyclic) bond motifs is 1. The van der Waals surface area contributed by atoms with Gasteiger partial charge in [0.25, 0.3) is 0 Å². The van der Waals surface area contributed by atoms with E-state index in [0.29, 0.717) is 31.6 Å². The van der Waals surface area contributed by atoms with Crippen molar-refractivity contribution in [1.29, 1.82) is 0 Å². The molecule has 2 rings (SSSR count). The molecule has 1 amide bonds. The van der Waals surface area contributed by atoms with Crippen molar-refractivity contribution < 1.29 is 15.1 Å². The van der Waals surface area contributed by atoms with Gasteiger partial charge in [0.2, 0.25) is 0 Å². The molecular formula is C13H16N4O3. The molecule has 0 atom stereocenters. The van der Waals surface area contributed by atoms with Crippen LogP contribution in [0.2, 0.25) is 0 Å². The fourth-order valence-corrected chi connectivity index (χ4v) is 2.27. The van der Waals surface area contributed by atoms with Gasteiger partial charge in [0.1, 0.15) is 0 Å². The third-order valence-corrected chi connectivity index (χ3v) is 3.22. The number of carboxylic acid groups (broad SMARTS) is 1. The summed E-state index contributed by atoms with van der Waals surface area (Å²) >= 11 is 0. The van der Waals surface area contributed by atoms with E-state index in [2.05, 4.69) is 22.1 Å². The lowest BCUT2D eigenvalue weighted by atomic mass is 10.1. The smallest absolute Gasteiger partial charge is 0.407 e. The van der Waals surface area contributed by atoms with Gasteiger partial charge in [0.15, 0.2) is 0 Å². The molecule has 0 unspecified atom stereocenters. The number of hydrogen-bond acceptors (Lipinski definition) is 4. The standard InChI is InChI=1S/C13H16N4O3/c1-2-3-4-6-17-12(8-14-20)10-9-16(13(18)19)7-5-11(10)15-17/h8,20H,4-7,9H2,1H3,(H,18,19). The minimum absolute atomic E-state index is 0.269. The van der Waals surface area contributed by atoms with Gasteiger partial charge in [-0.1, -0.05) is 5.16 Å². The van der Waals surface area contributed by atoms with Crippen molar-refractivity contribution in [1.82, 2.24) is 14.7 Å². The van der Waals surface area contributed by atoms with Gasteiger partial charge in [0, 0.05) is 24.9 Å². The van der Waals surface area contributed by atoms with Crippen LogP contribution in [0.4, 0.5) is 4.79 Å². The maximum atomic E-state index is 11.0. The summed E-state index contributed by atoms with van der Waals surface area (Å²) in [4.78, 5) is 12.4. The zero-order valence-corrected chi connectivity index (χ0v) is 11.2. The lowest BCUT2D eigenvalue weighted by Gasteiger charge is -2.23. The highest BCUT2D eigenvalue weighted by Gasteiger charge is 2.26. The van der Waals surface area contributed by atoms with Crippen molar-refractivity contribution in [2.24, 2.45) is 5.16 Å². The molecule has 0 saturated heterocycles. The van der Waals surface area contributed by atoms with E-state index < -0.39 is 6.09 Å². The van der Waals surface area contributed by atoms with Crippen molar-refractivity contribution >= 4 is 12.3 Å². The van der Waals surface area contributed by atoms with E-state index in [0.717, 1.165) is 11.3 Å². The Bertz CT molecular complexity index is 595. The normalized spacial score (nSPS) is 13.9. The highest BCUT2D eigenvalue weighted by molar-refractivity contribution is 5.80. The molecule has 7 nitrogen and oxygen atoms in total. The molecule has 0 aliphatic carbocycles. The van der Waals surface area contributed by atoms with Crippen LogP contribution in [0.5, 0.6) is 0 Å². The largest absolute Gasteiger partial charge is 0.465 e. The predicted molar refractivity (Wildman–Crippen MR) is 71.8 cm³/mol. The fraction of sp³-hybridized carbons (Fsp3) is 0.462. The Hall–Kier alpha value is -2.49. The summed E-state index contributed by atoms with van der Waals surface area (Å²) in [6.45, 7) is 3.06. The highest BCUT2D eigenvalue weighted by atomic mass is 16.4. The van der Waals surface area contributed by atoms with Gasteiger partial charge in [-0.2, -0.15) is 5.10 Å². The zero-order chi connectivity index (χ0) is 14.5. The summed E-state index contributed by atoms with van der Waals surface area (Å²) < 4.78 is 1.72. The topological polar surface area (TPSA) is 91.0 Å². The van der Waals surface area contributed by atoms with Crippen molar-refractivity contribution in [3.8, 4) is 11.8 Å². The average molecular weight is 276 g/mol. The number of aromatic nitrogens is 2. The second-order valence-electron chi connectivity index (χ2n) is 4.41. The molecule has 7 heteroatoms. The van der Waals surface area contributed by atoms with Crippen LogP contribution in [0, 0.1) is 11.8 Å². The molecule has 2 N–H and O–H groups in total. The lowest BCUT2D eigenvalue weighted by Crippen LogP contribution is -2.34. The van der Waals surface area contributed by atoms with E-state index in [1.54, 1.807) is 11.6 Å². The molecule has 0 fully saturated rings. The van der Waals surface area contributed by atoms with Gasteiger partial charge in [0.05, 0.1) is 30.7 Å². The van der Waals surface area contributed by atoms with E-state index in [-0.39, 0.29) is 6.54 Å². The molecule has 0 radical (unpaired) electrons. The minimum Gasteiger partial charge on any atom is -0.465 e. The van der Waals surface area contributed by atoms with Gasteiger partial charge < -0.3 is 15.2 Å². The van der Waals surface area contributed by atoms with Gasteiger partial charge in [-0.25, -0.2) is 4.79 Å². The Morgan fingerprint density at radius 3 is 3.05 bits per heavy atom. The van der Waals surface area contributed by atoms with Crippen molar-refractivity contribution in [2.75, 3.05) is 6.54 Å². The molecule has 1 aromatic rings. The SMILES string of the molecule is CC#CCCn1nc2c(c1C=NO)CN(C(=O)O)CC2. The minimum atomic E-state index is -0.952. The second-order valence-corrected chi connectivity index (χ2v) is 4.41. The van der Waals surface area contributed by atoms with Crippen LogP contribution >= 0.6 is 0 Å². The molecule has 0 bridgehead atoms. The second kappa shape index (κ2) is 6.10. The quantitative estimate of drug-likeness (QED) is 0.375. The number of carbonyl (C=O) groups is 1. The summed E-state index contributed by atoms with van der Waals surface area (Å²) in [5.41, 5.74) is 2.31. The molecular weight excluding hydrogens is 260 g/mol. The number of nitrogens with zero attached hydrogens (tertiary/aromatic N) is 4. The van der Waals surface area contributed by atoms with E-state index in [1.165, 1.54) is 11.1 Å². The van der Waals surface area contributed by atoms with E-state index >= 15 is 0 Å². The van der Waals surface area contributed by atoms with E-state index in [9.17, 15) is 4.79 Å². The van der Waals surface area contributed by atoms with Crippen LogP contribution in [0.15, 0.2) is 5.16 Å². The summed E-state index contributed by atoms with van der Waals surface area (Å²) in [6, 6.07) is 0. The van der Waals surface area contributed by atoms with Crippen molar-refractivity contribution in [3.05, 3.63) is 17.0 Å². The summed E-state index contributed by atoms with van der Waals surface area (Å²) in [5, 5.41) is 25.4. The van der Waals surface area contributed by atoms with Crippen LogP contribution in [0.1, 0.15) is 30.3 Å². The monoisotopic (exact) mass is 276 g/mol. The molecule has 106 valence electrons. The van der Waals surface area contributed by atoms with Crippen LogP contribution in [-0.2, 0) is 19.5 Å². The molecule has 0 saturated carbocycles. The van der Waals surface area contributed by atoms with Gasteiger partial charge in [-0.05, 0) is 6.92 Å². The molecule has 1 aliphatic rings. The molecule has 0 aromatic carbocycles. The third kappa shape index (κ3) is 2.74. The maximum Gasteiger partial charge on any atom is 0.407 e. The predicted octanol–water partition coefficient (Wildman–Crippen LogP) is 1.14. The van der Waals surface area contributed by atoms with Crippen molar-refractivity contribution in [3.63, 3.8) is 0 Å². The summed E-state index contributed by atoms with van der Waals surface area (Å²) in [7, 11) is 0. The van der Waals surface area contributed by atoms with Gasteiger partial charge in [-0.15, -0.1) is 11.8 Å². The van der Waals surface area contributed by atoms with Gasteiger partial charge in [-0.3, -0.25) is 4.68 Å². The Morgan fingerprint density at radius 1 is 1.60 bits per heavy atom. The van der Waals surface area contributed by atoms with E-state index in [4.69, 9.17) is 10.3 Å². The number of amides is 1. The Labute approximate surface area is 116 Å².